The van der Waals surface area contributed by atoms with Crippen LogP contribution in [0.2, 0.25) is 0 Å². The first-order valence-electron chi connectivity index (χ1n) is 9.80. The van der Waals surface area contributed by atoms with Crippen molar-refractivity contribution in [3.63, 3.8) is 0 Å². The Morgan fingerprint density at radius 2 is 1.96 bits per heavy atom. The fraction of sp³-hybridized carbons (Fsp3) is 0.600. The summed E-state index contributed by atoms with van der Waals surface area (Å²) in [5.41, 5.74) is 0.289. The van der Waals surface area contributed by atoms with E-state index in [9.17, 15) is 0 Å². The molecule has 0 aliphatic carbocycles. The highest BCUT2D eigenvalue weighted by molar-refractivity contribution is 5.31. The van der Waals surface area contributed by atoms with Crippen molar-refractivity contribution in [1.82, 2.24) is 20.4 Å². The molecule has 27 heavy (non-hydrogen) atoms. The Bertz CT molecular complexity index is 720. The Balaban J connectivity index is 1.29. The van der Waals surface area contributed by atoms with Gasteiger partial charge in [0.15, 0.2) is 6.61 Å². The van der Waals surface area contributed by atoms with Crippen LogP contribution in [0.25, 0.3) is 0 Å². The molecule has 0 radical (unpaired) electrons. The van der Waals surface area contributed by atoms with Gasteiger partial charge in [0.2, 0.25) is 11.7 Å². The van der Waals surface area contributed by atoms with Crippen molar-refractivity contribution in [3.8, 4) is 11.5 Å². The summed E-state index contributed by atoms with van der Waals surface area (Å²) in [6.45, 7) is 4.29. The highest BCUT2D eigenvalue weighted by Gasteiger charge is 2.36. The van der Waals surface area contributed by atoms with Crippen LogP contribution in [-0.4, -0.2) is 47.3 Å². The number of methoxy groups -OCH3 is 1. The number of nitrogens with one attached hydrogen (secondary N) is 1. The second kappa shape index (κ2) is 8.27. The van der Waals surface area contributed by atoms with E-state index in [0.29, 0.717) is 24.9 Å². The summed E-state index contributed by atoms with van der Waals surface area (Å²) in [7, 11) is 1.64. The molecule has 7 nitrogen and oxygen atoms in total. The predicted molar refractivity (Wildman–Crippen MR) is 101 cm³/mol. The second-order valence-corrected chi connectivity index (χ2v) is 7.55. The first kappa shape index (κ1) is 18.3. The number of rotatable bonds is 6. The third kappa shape index (κ3) is 4.59. The number of benzene rings is 1. The van der Waals surface area contributed by atoms with Crippen LogP contribution in [0.1, 0.15) is 43.8 Å². The van der Waals surface area contributed by atoms with Gasteiger partial charge in [-0.2, -0.15) is 4.98 Å². The Morgan fingerprint density at radius 3 is 2.74 bits per heavy atom. The Morgan fingerprint density at radius 1 is 1.15 bits per heavy atom. The maximum absolute atomic E-state index is 5.72. The van der Waals surface area contributed by atoms with E-state index in [4.69, 9.17) is 14.0 Å². The summed E-state index contributed by atoms with van der Waals surface area (Å²) in [6.07, 6.45) is 6.38. The van der Waals surface area contributed by atoms with E-state index in [-0.39, 0.29) is 5.54 Å². The zero-order valence-electron chi connectivity index (χ0n) is 15.9. The molecule has 1 atom stereocenters. The van der Waals surface area contributed by atoms with Crippen LogP contribution in [0.3, 0.4) is 0 Å². The molecular weight excluding hydrogens is 344 g/mol. The topological polar surface area (TPSA) is 72.7 Å². The summed E-state index contributed by atoms with van der Waals surface area (Å²) in [4.78, 5) is 6.93. The molecule has 4 rings (SSSR count). The quantitative estimate of drug-likeness (QED) is 0.836. The molecule has 0 bridgehead atoms. The van der Waals surface area contributed by atoms with Crippen LogP contribution in [0.15, 0.2) is 28.8 Å². The maximum atomic E-state index is 5.72. The van der Waals surface area contributed by atoms with E-state index < -0.39 is 0 Å². The van der Waals surface area contributed by atoms with Crippen LogP contribution in [0, 0.1) is 0 Å². The average Bonchev–Trinajstić information content (AvgIpc) is 3.15. The zero-order chi connectivity index (χ0) is 18.5. The molecule has 2 fully saturated rings. The molecule has 146 valence electrons. The number of aromatic nitrogens is 2. The van der Waals surface area contributed by atoms with E-state index in [0.717, 1.165) is 31.1 Å². The predicted octanol–water partition coefficient (Wildman–Crippen LogP) is 2.77. The summed E-state index contributed by atoms with van der Waals surface area (Å²) in [5, 5.41) is 7.82. The molecule has 3 heterocycles. The lowest BCUT2D eigenvalue weighted by Gasteiger charge is -2.45. The van der Waals surface area contributed by atoms with Gasteiger partial charge in [-0.3, -0.25) is 4.90 Å². The lowest BCUT2D eigenvalue weighted by Crippen LogP contribution is -2.58. The van der Waals surface area contributed by atoms with Gasteiger partial charge in [0, 0.05) is 12.1 Å². The molecular formula is C20H28N4O3. The summed E-state index contributed by atoms with van der Waals surface area (Å²) >= 11 is 0. The fourth-order valence-corrected chi connectivity index (χ4v) is 4.16. The molecule has 1 N–H and O–H groups in total. The second-order valence-electron chi connectivity index (χ2n) is 7.55. The van der Waals surface area contributed by atoms with Crippen molar-refractivity contribution in [2.45, 2.75) is 50.8 Å². The van der Waals surface area contributed by atoms with Gasteiger partial charge in [0.05, 0.1) is 13.7 Å². The number of likely N-dealkylation sites (tertiary alicyclic amines) is 1. The molecule has 7 heteroatoms. The first-order valence-corrected chi connectivity index (χ1v) is 9.80. The molecule has 1 aromatic heterocycles. The van der Waals surface area contributed by atoms with E-state index in [1.165, 1.54) is 32.1 Å². The number of nitrogens with zero attached hydrogens (tertiary/aromatic N) is 3. The number of ether oxygens (including phenoxy) is 2. The molecule has 2 aliphatic heterocycles. The normalized spacial score (nSPS) is 23.4. The van der Waals surface area contributed by atoms with Crippen molar-refractivity contribution in [2.24, 2.45) is 0 Å². The van der Waals surface area contributed by atoms with Gasteiger partial charge < -0.3 is 19.3 Å². The minimum Gasteiger partial charge on any atom is -0.497 e. The van der Waals surface area contributed by atoms with Crippen LogP contribution in [0.4, 0.5) is 0 Å². The molecule has 1 aromatic carbocycles. The highest BCUT2D eigenvalue weighted by atomic mass is 16.5. The maximum Gasteiger partial charge on any atom is 0.240 e. The SMILES string of the molecule is COc1ccc(OCc2noc(CN3CCCC4(CCCCN4)C3)n2)cc1. The summed E-state index contributed by atoms with van der Waals surface area (Å²) < 4.78 is 16.3. The third-order valence-electron chi connectivity index (χ3n) is 5.53. The van der Waals surface area contributed by atoms with Gasteiger partial charge in [-0.25, -0.2) is 0 Å². The van der Waals surface area contributed by atoms with E-state index in [1.54, 1.807) is 7.11 Å². The van der Waals surface area contributed by atoms with Gasteiger partial charge in [-0.15, -0.1) is 0 Å². The molecule has 2 saturated heterocycles. The van der Waals surface area contributed by atoms with Gasteiger partial charge in [-0.1, -0.05) is 11.6 Å². The van der Waals surface area contributed by atoms with Crippen LogP contribution < -0.4 is 14.8 Å². The van der Waals surface area contributed by atoms with Crippen molar-refractivity contribution in [1.29, 1.82) is 0 Å². The van der Waals surface area contributed by atoms with Crippen molar-refractivity contribution in [2.75, 3.05) is 26.7 Å². The third-order valence-corrected chi connectivity index (χ3v) is 5.53. The van der Waals surface area contributed by atoms with E-state index in [1.807, 2.05) is 24.3 Å². The minimum atomic E-state index is 0.289. The Labute approximate surface area is 160 Å². The Hall–Kier alpha value is -2.12. The van der Waals surface area contributed by atoms with Crippen molar-refractivity contribution < 1.29 is 14.0 Å². The molecule has 1 unspecified atom stereocenters. The van der Waals surface area contributed by atoms with Crippen LogP contribution >= 0.6 is 0 Å². The molecule has 1 spiro atoms. The summed E-state index contributed by atoms with van der Waals surface area (Å²) in [6, 6.07) is 7.46. The van der Waals surface area contributed by atoms with Gasteiger partial charge in [-0.05, 0) is 63.0 Å². The standard InChI is InChI=1S/C20H28N4O3/c1-25-16-5-7-17(8-6-16)26-14-18-22-19(27-23-18)13-24-12-4-10-20(15-24)9-2-3-11-21-20/h5-8,21H,2-4,9-15H2,1H3. The van der Waals surface area contributed by atoms with E-state index in [2.05, 4.69) is 20.4 Å². The number of hydrogen-bond donors (Lipinski definition) is 1. The summed E-state index contributed by atoms with van der Waals surface area (Å²) in [5.74, 6) is 2.79. The molecule has 0 amide bonds. The van der Waals surface area contributed by atoms with Gasteiger partial charge in [0.1, 0.15) is 11.5 Å². The van der Waals surface area contributed by atoms with Gasteiger partial charge >= 0.3 is 0 Å². The number of piperidine rings is 2. The first-order chi connectivity index (χ1) is 13.2. The van der Waals surface area contributed by atoms with Gasteiger partial charge in [0.25, 0.3) is 0 Å². The monoisotopic (exact) mass is 372 g/mol. The molecule has 2 aliphatic rings. The van der Waals surface area contributed by atoms with Crippen LogP contribution in [0.5, 0.6) is 11.5 Å². The fourth-order valence-electron chi connectivity index (χ4n) is 4.16. The lowest BCUT2D eigenvalue weighted by molar-refractivity contribution is 0.0857. The Kier molecular flexibility index (Phi) is 5.59. The average molecular weight is 372 g/mol. The minimum absolute atomic E-state index is 0.289. The smallest absolute Gasteiger partial charge is 0.240 e. The van der Waals surface area contributed by atoms with Crippen molar-refractivity contribution >= 4 is 0 Å². The molecule has 2 aromatic rings. The van der Waals surface area contributed by atoms with Crippen molar-refractivity contribution in [3.05, 3.63) is 36.0 Å². The highest BCUT2D eigenvalue weighted by Crippen LogP contribution is 2.29. The molecule has 0 saturated carbocycles. The van der Waals surface area contributed by atoms with E-state index >= 15 is 0 Å². The largest absolute Gasteiger partial charge is 0.497 e. The lowest BCUT2D eigenvalue weighted by atomic mass is 9.82. The van der Waals surface area contributed by atoms with Crippen LogP contribution in [-0.2, 0) is 13.2 Å². The number of hydrogen-bond acceptors (Lipinski definition) is 7. The zero-order valence-corrected chi connectivity index (χ0v) is 15.9.